The summed E-state index contributed by atoms with van der Waals surface area (Å²) < 4.78 is 5.04. The molecule has 2 rings (SSSR count). The number of nitrogens with zero attached hydrogens (tertiary/aromatic N) is 2. The maximum Gasteiger partial charge on any atom is 0.327 e. The monoisotopic (exact) mass is 297 g/mol. The van der Waals surface area contributed by atoms with Crippen molar-refractivity contribution in [3.05, 3.63) is 0 Å². The largest absolute Gasteiger partial charge is 0.468 e. The SMILES string of the molecule is CCCNC(C)(CN1CC2CCCN2CC1C)C(=O)OC. The summed E-state index contributed by atoms with van der Waals surface area (Å²) in [5, 5.41) is 3.39. The number of nitrogens with one attached hydrogen (secondary N) is 1. The van der Waals surface area contributed by atoms with Crippen LogP contribution in [-0.2, 0) is 9.53 Å². The van der Waals surface area contributed by atoms with Crippen LogP contribution in [0.2, 0.25) is 0 Å². The normalized spacial score (nSPS) is 29.9. The molecule has 0 aromatic rings. The maximum atomic E-state index is 12.2. The third-order valence-corrected chi connectivity index (χ3v) is 4.99. The second-order valence-electron chi connectivity index (χ2n) is 6.82. The summed E-state index contributed by atoms with van der Waals surface area (Å²) in [7, 11) is 1.48. The number of ether oxygens (including phenoxy) is 1. The summed E-state index contributed by atoms with van der Waals surface area (Å²) in [4.78, 5) is 17.3. The van der Waals surface area contributed by atoms with Crippen molar-refractivity contribution < 1.29 is 9.53 Å². The van der Waals surface area contributed by atoms with Gasteiger partial charge in [0.1, 0.15) is 5.54 Å². The molecule has 0 radical (unpaired) electrons. The van der Waals surface area contributed by atoms with Gasteiger partial charge in [0.05, 0.1) is 7.11 Å². The van der Waals surface area contributed by atoms with Crippen LogP contribution in [0.5, 0.6) is 0 Å². The van der Waals surface area contributed by atoms with E-state index in [1.165, 1.54) is 26.5 Å². The summed E-state index contributed by atoms with van der Waals surface area (Å²) >= 11 is 0. The van der Waals surface area contributed by atoms with Crippen LogP contribution >= 0.6 is 0 Å². The number of methoxy groups -OCH3 is 1. The first-order valence-corrected chi connectivity index (χ1v) is 8.31. The number of rotatable bonds is 6. The van der Waals surface area contributed by atoms with Gasteiger partial charge in [-0.25, -0.2) is 0 Å². The fraction of sp³-hybridized carbons (Fsp3) is 0.938. The Kier molecular flexibility index (Phi) is 5.63. The molecule has 0 aromatic heterocycles. The maximum absolute atomic E-state index is 12.2. The first kappa shape index (κ1) is 16.7. The van der Waals surface area contributed by atoms with Crippen LogP contribution < -0.4 is 5.32 Å². The lowest BCUT2D eigenvalue weighted by Crippen LogP contribution is -2.63. The fourth-order valence-corrected chi connectivity index (χ4v) is 3.69. The van der Waals surface area contributed by atoms with E-state index in [9.17, 15) is 4.79 Å². The molecule has 3 atom stereocenters. The summed E-state index contributed by atoms with van der Waals surface area (Å²) in [5.74, 6) is -0.156. The number of hydrogen-bond acceptors (Lipinski definition) is 5. The lowest BCUT2D eigenvalue weighted by atomic mass is 9.98. The molecule has 122 valence electrons. The molecular weight excluding hydrogens is 266 g/mol. The highest BCUT2D eigenvalue weighted by atomic mass is 16.5. The molecule has 0 amide bonds. The van der Waals surface area contributed by atoms with Gasteiger partial charge in [0, 0.05) is 31.7 Å². The number of esters is 1. The van der Waals surface area contributed by atoms with Crippen molar-refractivity contribution in [1.29, 1.82) is 0 Å². The standard InChI is InChI=1S/C16H31N3O2/c1-5-8-17-16(3,15(20)21-4)12-19-11-14-7-6-9-18(14)10-13(19)2/h13-14,17H,5-12H2,1-4H3. The van der Waals surface area contributed by atoms with Gasteiger partial charge in [-0.05, 0) is 46.2 Å². The molecule has 5 heteroatoms. The molecular formula is C16H31N3O2. The number of carbonyl (C=O) groups is 1. The van der Waals surface area contributed by atoms with Crippen LogP contribution in [0, 0.1) is 0 Å². The van der Waals surface area contributed by atoms with E-state index in [1.54, 1.807) is 0 Å². The van der Waals surface area contributed by atoms with E-state index in [0.29, 0.717) is 12.1 Å². The zero-order valence-electron chi connectivity index (χ0n) is 14.0. The minimum Gasteiger partial charge on any atom is -0.468 e. The van der Waals surface area contributed by atoms with Crippen molar-refractivity contribution >= 4 is 5.97 Å². The van der Waals surface area contributed by atoms with E-state index in [2.05, 4.69) is 29.0 Å². The molecule has 2 saturated heterocycles. The highest BCUT2D eigenvalue weighted by Gasteiger charge is 2.41. The van der Waals surface area contributed by atoms with Crippen LogP contribution in [0.4, 0.5) is 0 Å². The molecule has 3 unspecified atom stereocenters. The van der Waals surface area contributed by atoms with Gasteiger partial charge in [0.25, 0.3) is 0 Å². The molecule has 2 fully saturated rings. The Bertz CT molecular complexity index is 363. The van der Waals surface area contributed by atoms with Crippen LogP contribution in [-0.4, -0.2) is 73.2 Å². The highest BCUT2D eigenvalue weighted by Crippen LogP contribution is 2.26. The van der Waals surface area contributed by atoms with Crippen molar-refractivity contribution in [2.24, 2.45) is 0 Å². The van der Waals surface area contributed by atoms with Gasteiger partial charge in [-0.15, -0.1) is 0 Å². The Morgan fingerprint density at radius 3 is 2.86 bits per heavy atom. The van der Waals surface area contributed by atoms with Crippen LogP contribution in [0.15, 0.2) is 0 Å². The number of fused-ring (bicyclic) bond motifs is 1. The highest BCUT2D eigenvalue weighted by molar-refractivity contribution is 5.80. The van der Waals surface area contributed by atoms with Crippen LogP contribution in [0.3, 0.4) is 0 Å². The van der Waals surface area contributed by atoms with Gasteiger partial charge in [-0.1, -0.05) is 6.92 Å². The summed E-state index contributed by atoms with van der Waals surface area (Å²) in [6.07, 6.45) is 3.62. The van der Waals surface area contributed by atoms with E-state index < -0.39 is 5.54 Å². The molecule has 1 N–H and O–H groups in total. The van der Waals surface area contributed by atoms with Gasteiger partial charge in [-0.2, -0.15) is 0 Å². The molecule has 2 aliphatic heterocycles. The van der Waals surface area contributed by atoms with Gasteiger partial charge in [0.2, 0.25) is 0 Å². The zero-order chi connectivity index (χ0) is 15.5. The predicted octanol–water partition coefficient (Wildman–Crippen LogP) is 1.09. The molecule has 21 heavy (non-hydrogen) atoms. The molecule has 2 aliphatic rings. The summed E-state index contributed by atoms with van der Waals surface area (Å²) in [6.45, 7) is 11.4. The second kappa shape index (κ2) is 7.07. The molecule has 0 aliphatic carbocycles. The Labute approximate surface area is 129 Å². The van der Waals surface area contributed by atoms with E-state index >= 15 is 0 Å². The minimum atomic E-state index is -0.611. The number of carbonyl (C=O) groups excluding carboxylic acids is 1. The summed E-state index contributed by atoms with van der Waals surface area (Å²) in [6, 6.07) is 1.17. The minimum absolute atomic E-state index is 0.156. The Morgan fingerprint density at radius 2 is 2.19 bits per heavy atom. The Morgan fingerprint density at radius 1 is 1.43 bits per heavy atom. The number of hydrogen-bond donors (Lipinski definition) is 1. The third kappa shape index (κ3) is 3.76. The summed E-state index contributed by atoms with van der Waals surface area (Å²) in [5.41, 5.74) is -0.611. The first-order chi connectivity index (χ1) is 10.00. The van der Waals surface area contributed by atoms with Gasteiger partial charge in [-0.3, -0.25) is 14.6 Å². The average Bonchev–Trinajstić information content (AvgIpc) is 2.91. The predicted molar refractivity (Wildman–Crippen MR) is 84.3 cm³/mol. The molecule has 0 aromatic carbocycles. The van der Waals surface area contributed by atoms with Crippen LogP contribution in [0.25, 0.3) is 0 Å². The van der Waals surface area contributed by atoms with Crippen molar-refractivity contribution in [1.82, 2.24) is 15.1 Å². The van der Waals surface area contributed by atoms with E-state index in [4.69, 9.17) is 4.74 Å². The smallest absolute Gasteiger partial charge is 0.327 e. The van der Waals surface area contributed by atoms with Crippen LogP contribution in [0.1, 0.15) is 40.0 Å². The number of piperazine rings is 1. The molecule has 0 saturated carbocycles. The lowest BCUT2D eigenvalue weighted by Gasteiger charge is -2.45. The lowest BCUT2D eigenvalue weighted by molar-refractivity contribution is -0.149. The third-order valence-electron chi connectivity index (χ3n) is 4.99. The Hall–Kier alpha value is -0.650. The van der Waals surface area contributed by atoms with E-state index in [1.807, 2.05) is 6.92 Å². The molecule has 5 nitrogen and oxygen atoms in total. The fourth-order valence-electron chi connectivity index (χ4n) is 3.69. The van der Waals surface area contributed by atoms with Crippen molar-refractivity contribution in [2.45, 2.75) is 57.7 Å². The quantitative estimate of drug-likeness (QED) is 0.744. The van der Waals surface area contributed by atoms with Crippen molar-refractivity contribution in [2.75, 3.05) is 39.8 Å². The van der Waals surface area contributed by atoms with E-state index in [-0.39, 0.29) is 5.97 Å². The average molecular weight is 297 g/mol. The molecule has 0 bridgehead atoms. The van der Waals surface area contributed by atoms with Crippen molar-refractivity contribution in [3.8, 4) is 0 Å². The van der Waals surface area contributed by atoms with Gasteiger partial charge < -0.3 is 10.1 Å². The zero-order valence-corrected chi connectivity index (χ0v) is 14.0. The second-order valence-corrected chi connectivity index (χ2v) is 6.82. The van der Waals surface area contributed by atoms with E-state index in [0.717, 1.165) is 32.6 Å². The topological polar surface area (TPSA) is 44.8 Å². The first-order valence-electron chi connectivity index (χ1n) is 8.31. The van der Waals surface area contributed by atoms with Crippen molar-refractivity contribution in [3.63, 3.8) is 0 Å². The van der Waals surface area contributed by atoms with Gasteiger partial charge in [0.15, 0.2) is 0 Å². The molecule has 2 heterocycles. The Balaban J connectivity index is 2.03. The molecule has 0 spiro atoms. The van der Waals surface area contributed by atoms with Gasteiger partial charge >= 0.3 is 5.97 Å².